The maximum atomic E-state index is 14.3. The molecular weight excluding hydrogens is 989 g/mol. The van der Waals surface area contributed by atoms with Crippen LogP contribution in [0.15, 0.2) is 112 Å². The van der Waals surface area contributed by atoms with Gasteiger partial charge in [0.05, 0.1) is 33.5 Å². The quantitative estimate of drug-likeness (QED) is 0.0472. The van der Waals surface area contributed by atoms with Gasteiger partial charge in [-0.1, -0.05) is 75.2 Å². The molecule has 0 saturated heterocycles. The van der Waals surface area contributed by atoms with E-state index >= 15 is 0 Å². The fourth-order valence-corrected chi connectivity index (χ4v) is 9.17. The molecule has 0 aromatic heterocycles. The van der Waals surface area contributed by atoms with Gasteiger partial charge in [0, 0.05) is 14.3 Å². The number of allylic oxidation sites excluding steroid dienone is 2. The number of aryl methyl sites for hydroxylation is 2. The molecule has 2 atom stereocenters. The van der Waals surface area contributed by atoms with E-state index in [1.54, 1.807) is 62.6 Å². The number of carbonyl (C=O) groups is 2. The van der Waals surface area contributed by atoms with Gasteiger partial charge in [0.15, 0.2) is 17.0 Å². The lowest BCUT2D eigenvalue weighted by molar-refractivity contribution is -0.213. The van der Waals surface area contributed by atoms with Crippen LogP contribution in [-0.4, -0.2) is 65.0 Å². The number of esters is 2. The average molecular weight is 1030 g/mol. The van der Waals surface area contributed by atoms with Gasteiger partial charge in [-0.05, 0) is 137 Å². The second kappa shape index (κ2) is 20.2. The van der Waals surface area contributed by atoms with Crippen molar-refractivity contribution in [3.8, 4) is 11.5 Å². The first kappa shape index (κ1) is 48.7. The minimum Gasteiger partial charge on any atom is -0.497 e. The highest BCUT2D eigenvalue weighted by Crippen LogP contribution is 2.53. The minimum atomic E-state index is -6.09. The first-order chi connectivity index (χ1) is 30.4. The van der Waals surface area contributed by atoms with E-state index in [9.17, 15) is 31.2 Å². The molecule has 0 aliphatic heterocycles. The molecule has 1 aliphatic carbocycles. The Balaban J connectivity index is 1.54. The van der Waals surface area contributed by atoms with Crippen LogP contribution < -0.4 is 8.92 Å². The third kappa shape index (κ3) is 10.3. The van der Waals surface area contributed by atoms with E-state index in [2.05, 4.69) is 31.9 Å². The topological polar surface area (TPSA) is 133 Å². The number of hydrogen-bond donors (Lipinski definition) is 0. The molecule has 11 nitrogen and oxygen atoms in total. The Bertz CT molecular complexity index is 2720. The van der Waals surface area contributed by atoms with Crippen molar-refractivity contribution in [2.75, 3.05) is 33.5 Å². The predicted molar refractivity (Wildman–Crippen MR) is 241 cm³/mol. The van der Waals surface area contributed by atoms with Crippen molar-refractivity contribution < 1.29 is 63.8 Å². The van der Waals surface area contributed by atoms with Gasteiger partial charge in [0.2, 0.25) is 0 Å². The second-order valence-electron chi connectivity index (χ2n) is 14.9. The number of rotatable bonds is 18. The van der Waals surface area contributed by atoms with Crippen molar-refractivity contribution in [1.29, 1.82) is 0 Å². The summed E-state index contributed by atoms with van der Waals surface area (Å²) in [4.78, 5) is 27.0. The summed E-state index contributed by atoms with van der Waals surface area (Å²) < 4.78 is 108. The summed E-state index contributed by atoms with van der Waals surface area (Å²) in [5.41, 5.74) is -5.84. The molecule has 0 fully saturated rings. The number of carbonyl (C=O) groups excluding carboxylic acids is 2. The first-order valence-corrected chi connectivity index (χ1v) is 23.0. The molecule has 0 bridgehead atoms. The third-order valence-electron chi connectivity index (χ3n) is 10.7. The lowest BCUT2D eigenvalue weighted by atomic mass is 9.66. The summed E-state index contributed by atoms with van der Waals surface area (Å²) in [6, 6.07) is 22.2. The van der Waals surface area contributed by atoms with Gasteiger partial charge in [-0.3, -0.25) is 0 Å². The van der Waals surface area contributed by atoms with Crippen LogP contribution in [0.25, 0.3) is 21.5 Å². The number of alkyl halides is 3. The normalized spacial score (nSPS) is 17.6. The zero-order valence-corrected chi connectivity index (χ0v) is 39.5. The van der Waals surface area contributed by atoms with Crippen LogP contribution in [0.4, 0.5) is 13.2 Å². The molecule has 5 aromatic carbocycles. The molecule has 340 valence electrons. The lowest BCUT2D eigenvalue weighted by Crippen LogP contribution is -2.60. The summed E-state index contributed by atoms with van der Waals surface area (Å²) in [6.45, 7) is 5.56. The van der Waals surface area contributed by atoms with E-state index < -0.39 is 70.9 Å². The summed E-state index contributed by atoms with van der Waals surface area (Å²) in [6.07, 6.45) is 5.45. The Morgan fingerprint density at radius 1 is 0.781 bits per heavy atom. The molecule has 0 N–H and O–H groups in total. The molecule has 2 unspecified atom stereocenters. The Morgan fingerprint density at radius 2 is 1.48 bits per heavy atom. The van der Waals surface area contributed by atoms with Crippen LogP contribution in [0.5, 0.6) is 11.5 Å². The van der Waals surface area contributed by atoms with Crippen molar-refractivity contribution in [2.24, 2.45) is 0 Å². The molecule has 64 heavy (non-hydrogen) atoms. The van der Waals surface area contributed by atoms with Crippen molar-refractivity contribution in [1.82, 2.24) is 0 Å². The van der Waals surface area contributed by atoms with Crippen molar-refractivity contribution in [2.45, 2.75) is 64.0 Å². The fraction of sp³-hybridized carbons (Fsp3) is 0.319. The van der Waals surface area contributed by atoms with E-state index in [1.165, 1.54) is 12.1 Å². The molecule has 0 amide bonds. The molecule has 6 rings (SSSR count). The number of ether oxygens (including phenoxy) is 6. The fourth-order valence-electron chi connectivity index (χ4n) is 7.96. The van der Waals surface area contributed by atoms with E-state index in [0.29, 0.717) is 38.7 Å². The van der Waals surface area contributed by atoms with E-state index in [1.807, 2.05) is 51.1 Å². The number of hydrogen-bond acceptors (Lipinski definition) is 11. The minimum absolute atomic E-state index is 0.0490. The lowest BCUT2D eigenvalue weighted by Gasteiger charge is -2.51. The first-order valence-electron chi connectivity index (χ1n) is 20.0. The Labute approximate surface area is 385 Å². The maximum Gasteiger partial charge on any atom is 0.534 e. The van der Waals surface area contributed by atoms with E-state index in [-0.39, 0.29) is 24.2 Å². The van der Waals surface area contributed by atoms with Gasteiger partial charge < -0.3 is 32.6 Å². The van der Waals surface area contributed by atoms with Crippen molar-refractivity contribution in [3.63, 3.8) is 0 Å². The number of halogens is 5. The number of fused-ring (bicyclic) bond motifs is 2. The zero-order valence-electron chi connectivity index (χ0n) is 35.5. The molecule has 5 aromatic rings. The highest BCUT2D eigenvalue weighted by molar-refractivity contribution is 9.10. The van der Waals surface area contributed by atoms with Gasteiger partial charge >= 0.3 is 27.6 Å². The monoisotopic (exact) mass is 1030 g/mol. The summed E-state index contributed by atoms with van der Waals surface area (Å²) >= 11 is 6.99. The van der Waals surface area contributed by atoms with Gasteiger partial charge in [0.1, 0.15) is 19.0 Å². The Kier molecular flexibility index (Phi) is 15.3. The summed E-state index contributed by atoms with van der Waals surface area (Å²) in [5.74, 6) is -1.43. The highest BCUT2D eigenvalue weighted by atomic mass is 79.9. The zero-order chi connectivity index (χ0) is 46.5. The smallest absolute Gasteiger partial charge is 0.497 e. The van der Waals surface area contributed by atoms with Crippen LogP contribution in [0.3, 0.4) is 0 Å². The van der Waals surface area contributed by atoms with E-state index in [4.69, 9.17) is 32.6 Å². The van der Waals surface area contributed by atoms with Gasteiger partial charge in [-0.15, -0.1) is 0 Å². The summed E-state index contributed by atoms with van der Waals surface area (Å²) in [7, 11) is -4.54. The van der Waals surface area contributed by atoms with Crippen LogP contribution in [0.2, 0.25) is 0 Å². The third-order valence-corrected chi connectivity index (χ3v) is 12.6. The molecule has 0 saturated carbocycles. The van der Waals surface area contributed by atoms with E-state index in [0.717, 1.165) is 32.4 Å². The van der Waals surface area contributed by atoms with Crippen LogP contribution in [0.1, 0.15) is 48.1 Å². The molecule has 0 spiro atoms. The molecule has 0 radical (unpaired) electrons. The molecule has 1 aliphatic rings. The number of benzene rings is 5. The standard InChI is InChI=1S/C47H45Br2F3O11S/c1-6-35-9-8-18-45(28-59-26-42(53)60-7-2,62-43(54)27-58-24-31-10-15-38(57-5)16-11-31)46(35,44-29(3)19-33-12-13-37(49)23-40(33)30(44)4)61-25-32-20-34-22-36(48)14-17-39(34)41(21-32)63-64(55,56)47(50,51)52/h8-23H,6-7,24-28H2,1-5H3. The molecular formula is C47H45Br2F3O11S. The SMILES string of the molecule is CCOC(=O)COCC1(OC(=O)COCc2ccc(OC)cc2)C=CC=C(CC)C1(OCc1cc(OS(=O)(=O)C(F)(F)F)c2ccc(Br)cc2c1)c1c(C)cc2ccc(Br)cc2c1C. The number of methoxy groups -OCH3 is 1. The Morgan fingerprint density at radius 3 is 2.17 bits per heavy atom. The predicted octanol–water partition coefficient (Wildman–Crippen LogP) is 10.8. The van der Waals surface area contributed by atoms with Gasteiger partial charge in [-0.25, -0.2) is 9.59 Å². The molecule has 17 heteroatoms. The maximum absolute atomic E-state index is 14.3. The average Bonchev–Trinajstić information content (AvgIpc) is 3.23. The largest absolute Gasteiger partial charge is 0.534 e. The van der Waals surface area contributed by atoms with Crippen LogP contribution in [-0.2, 0) is 62.2 Å². The van der Waals surface area contributed by atoms with Gasteiger partial charge in [0.25, 0.3) is 0 Å². The molecule has 0 heterocycles. The van der Waals surface area contributed by atoms with Crippen molar-refractivity contribution in [3.05, 3.63) is 139 Å². The Hall–Kier alpha value is -4.78. The van der Waals surface area contributed by atoms with Crippen LogP contribution in [0, 0.1) is 13.8 Å². The van der Waals surface area contributed by atoms with Crippen LogP contribution >= 0.6 is 31.9 Å². The van der Waals surface area contributed by atoms with Crippen molar-refractivity contribution >= 4 is 75.5 Å². The highest BCUT2D eigenvalue weighted by Gasteiger charge is 2.60. The summed E-state index contributed by atoms with van der Waals surface area (Å²) in [5, 5.41) is 2.13. The second-order valence-corrected chi connectivity index (χ2v) is 18.2. The van der Waals surface area contributed by atoms with Gasteiger partial charge in [-0.2, -0.15) is 21.6 Å².